The molecule has 280 valence electrons. The lowest BCUT2D eigenvalue weighted by molar-refractivity contribution is 1.17. The fourth-order valence-electron chi connectivity index (χ4n) is 9.19. The number of para-hydroxylation sites is 3. The fraction of sp³-hybridized carbons (Fsp3) is 0. The molecule has 0 saturated heterocycles. The molecule has 0 N–H and O–H groups in total. The SMILES string of the molecule is c1ccc(-c2ccc(-c3cc(-c4ccccc4)nc(-c4cccc5cc(-n6c7ccccc7c7c8c9ccccc9n(-c9ccccc9)c8ccc76)ccc45)n3)cc2)cc1. The highest BCUT2D eigenvalue weighted by Crippen LogP contribution is 2.43. The molecule has 0 saturated carbocycles. The lowest BCUT2D eigenvalue weighted by Gasteiger charge is -2.13. The summed E-state index contributed by atoms with van der Waals surface area (Å²) < 4.78 is 4.82. The Labute approximate surface area is 346 Å². The van der Waals surface area contributed by atoms with E-state index in [0.717, 1.165) is 50.2 Å². The first kappa shape index (κ1) is 34.0. The highest BCUT2D eigenvalue weighted by atomic mass is 15.0. The molecule has 12 aromatic rings. The van der Waals surface area contributed by atoms with Gasteiger partial charge < -0.3 is 9.13 Å². The maximum absolute atomic E-state index is 5.27. The van der Waals surface area contributed by atoms with E-state index in [-0.39, 0.29) is 0 Å². The molecule has 0 fully saturated rings. The lowest BCUT2D eigenvalue weighted by Crippen LogP contribution is -1.97. The molecule has 9 aromatic carbocycles. The van der Waals surface area contributed by atoms with Crippen molar-refractivity contribution in [1.82, 2.24) is 19.1 Å². The maximum atomic E-state index is 5.27. The Kier molecular flexibility index (Phi) is 7.82. The van der Waals surface area contributed by atoms with Crippen LogP contribution in [0.3, 0.4) is 0 Å². The van der Waals surface area contributed by atoms with E-state index in [1.807, 2.05) is 12.1 Å². The van der Waals surface area contributed by atoms with Crippen LogP contribution in [0.4, 0.5) is 0 Å². The van der Waals surface area contributed by atoms with Crippen LogP contribution >= 0.6 is 0 Å². The standard InChI is InChI=1S/C56H36N4/c1-4-15-37(16-5-1)38-27-29-40(30-28-38)49-36-48(39-17-6-2-7-18-39)57-56(58-49)45-24-14-19-41-35-43(31-32-44(41)45)60-51-26-13-11-23-47(51)55-53(60)34-33-52-54(55)46-22-10-12-25-50(46)59(52)42-20-8-3-9-21-42/h1-36H. The zero-order valence-corrected chi connectivity index (χ0v) is 32.6. The monoisotopic (exact) mass is 764 g/mol. The van der Waals surface area contributed by atoms with Crippen LogP contribution in [-0.2, 0) is 0 Å². The molecule has 0 unspecified atom stereocenters. The largest absolute Gasteiger partial charge is 0.309 e. The van der Waals surface area contributed by atoms with E-state index in [9.17, 15) is 0 Å². The van der Waals surface area contributed by atoms with Crippen LogP contribution < -0.4 is 0 Å². The molecule has 0 aliphatic rings. The minimum absolute atomic E-state index is 0.700. The van der Waals surface area contributed by atoms with Gasteiger partial charge in [-0.2, -0.15) is 0 Å². The molecule has 60 heavy (non-hydrogen) atoms. The molecule has 3 aromatic heterocycles. The molecule has 0 aliphatic heterocycles. The van der Waals surface area contributed by atoms with Crippen LogP contribution in [0.1, 0.15) is 0 Å². The molecule has 4 heteroatoms. The van der Waals surface area contributed by atoms with Crippen LogP contribution in [0.15, 0.2) is 218 Å². The molecular formula is C56H36N4. The van der Waals surface area contributed by atoms with Gasteiger partial charge in [0.1, 0.15) is 0 Å². The third kappa shape index (κ3) is 5.46. The third-order valence-electron chi connectivity index (χ3n) is 11.9. The van der Waals surface area contributed by atoms with E-state index in [4.69, 9.17) is 9.97 Å². The maximum Gasteiger partial charge on any atom is 0.161 e. The number of fused-ring (bicyclic) bond motifs is 8. The van der Waals surface area contributed by atoms with Crippen molar-refractivity contribution >= 4 is 54.4 Å². The van der Waals surface area contributed by atoms with Gasteiger partial charge in [0, 0.05) is 49.6 Å². The average Bonchev–Trinajstić information content (AvgIpc) is 3.85. The van der Waals surface area contributed by atoms with Gasteiger partial charge in [0.15, 0.2) is 5.82 Å². The molecule has 0 spiro atoms. The minimum Gasteiger partial charge on any atom is -0.309 e. The number of hydrogen-bond donors (Lipinski definition) is 0. The number of benzene rings is 9. The highest BCUT2D eigenvalue weighted by Gasteiger charge is 2.21. The summed E-state index contributed by atoms with van der Waals surface area (Å²) in [5, 5.41) is 7.24. The van der Waals surface area contributed by atoms with Gasteiger partial charge in [-0.25, -0.2) is 9.97 Å². The van der Waals surface area contributed by atoms with Crippen LogP contribution in [0.5, 0.6) is 0 Å². The van der Waals surface area contributed by atoms with Crippen LogP contribution in [0.25, 0.3) is 111 Å². The Bertz CT molecular complexity index is 3570. The Balaban J connectivity index is 1.03. The van der Waals surface area contributed by atoms with Gasteiger partial charge >= 0.3 is 0 Å². The average molecular weight is 765 g/mol. The topological polar surface area (TPSA) is 35.6 Å². The van der Waals surface area contributed by atoms with Gasteiger partial charge in [0.05, 0.1) is 33.5 Å². The normalized spacial score (nSPS) is 11.7. The number of nitrogens with zero attached hydrogens (tertiary/aromatic N) is 4. The number of hydrogen-bond acceptors (Lipinski definition) is 2. The summed E-state index contributed by atoms with van der Waals surface area (Å²) in [5.74, 6) is 0.700. The summed E-state index contributed by atoms with van der Waals surface area (Å²) in [6.07, 6.45) is 0. The van der Waals surface area contributed by atoms with E-state index in [0.29, 0.717) is 5.82 Å². The van der Waals surface area contributed by atoms with Gasteiger partial charge in [0.25, 0.3) is 0 Å². The Morgan fingerprint density at radius 1 is 0.300 bits per heavy atom. The Morgan fingerprint density at radius 3 is 1.43 bits per heavy atom. The van der Waals surface area contributed by atoms with Gasteiger partial charge in [-0.15, -0.1) is 0 Å². The second kappa shape index (κ2) is 13.8. The molecule has 0 amide bonds. The van der Waals surface area contributed by atoms with Crippen molar-refractivity contribution in [3.05, 3.63) is 218 Å². The first-order valence-corrected chi connectivity index (χ1v) is 20.4. The summed E-state index contributed by atoms with van der Waals surface area (Å²) in [5.41, 5.74) is 14.3. The van der Waals surface area contributed by atoms with Crippen molar-refractivity contribution in [3.8, 4) is 56.4 Å². The molecule has 0 radical (unpaired) electrons. The van der Waals surface area contributed by atoms with E-state index < -0.39 is 0 Å². The van der Waals surface area contributed by atoms with E-state index in [2.05, 4.69) is 215 Å². The van der Waals surface area contributed by atoms with E-state index in [1.54, 1.807) is 0 Å². The second-order valence-electron chi connectivity index (χ2n) is 15.4. The van der Waals surface area contributed by atoms with Crippen LogP contribution in [0.2, 0.25) is 0 Å². The number of aromatic nitrogens is 4. The smallest absolute Gasteiger partial charge is 0.161 e. The summed E-state index contributed by atoms with van der Waals surface area (Å²) >= 11 is 0. The fourth-order valence-corrected chi connectivity index (χ4v) is 9.19. The highest BCUT2D eigenvalue weighted by molar-refractivity contribution is 6.29. The zero-order valence-electron chi connectivity index (χ0n) is 32.6. The molecule has 0 aliphatic carbocycles. The second-order valence-corrected chi connectivity index (χ2v) is 15.4. The van der Waals surface area contributed by atoms with Crippen molar-refractivity contribution in [2.75, 3.05) is 0 Å². The molecule has 0 bridgehead atoms. The van der Waals surface area contributed by atoms with Gasteiger partial charge in [-0.3, -0.25) is 0 Å². The molecule has 4 nitrogen and oxygen atoms in total. The first-order chi connectivity index (χ1) is 29.8. The van der Waals surface area contributed by atoms with Gasteiger partial charge in [-0.05, 0) is 76.5 Å². The van der Waals surface area contributed by atoms with E-state index >= 15 is 0 Å². The minimum atomic E-state index is 0.700. The summed E-state index contributed by atoms with van der Waals surface area (Å²) in [7, 11) is 0. The zero-order chi connectivity index (χ0) is 39.6. The Hall–Kier alpha value is -8.08. The van der Waals surface area contributed by atoms with Crippen LogP contribution in [0, 0.1) is 0 Å². The third-order valence-corrected chi connectivity index (χ3v) is 11.9. The molecule has 12 rings (SSSR count). The van der Waals surface area contributed by atoms with Crippen molar-refractivity contribution in [1.29, 1.82) is 0 Å². The molecule has 3 heterocycles. The van der Waals surface area contributed by atoms with Crippen molar-refractivity contribution in [2.24, 2.45) is 0 Å². The van der Waals surface area contributed by atoms with Crippen molar-refractivity contribution in [3.63, 3.8) is 0 Å². The van der Waals surface area contributed by atoms with Crippen molar-refractivity contribution < 1.29 is 0 Å². The summed E-state index contributed by atoms with van der Waals surface area (Å²) in [6, 6.07) is 77.8. The van der Waals surface area contributed by atoms with Crippen molar-refractivity contribution in [2.45, 2.75) is 0 Å². The quantitative estimate of drug-likeness (QED) is 0.169. The molecule has 0 atom stereocenters. The van der Waals surface area contributed by atoms with Gasteiger partial charge in [-0.1, -0.05) is 164 Å². The summed E-state index contributed by atoms with van der Waals surface area (Å²) in [4.78, 5) is 10.5. The molecular weight excluding hydrogens is 729 g/mol. The predicted molar refractivity (Wildman–Crippen MR) is 250 cm³/mol. The lowest BCUT2D eigenvalue weighted by atomic mass is 10.0. The Morgan fingerprint density at radius 2 is 0.800 bits per heavy atom. The van der Waals surface area contributed by atoms with E-state index in [1.165, 1.54) is 54.7 Å². The first-order valence-electron chi connectivity index (χ1n) is 20.4. The van der Waals surface area contributed by atoms with Crippen LogP contribution in [-0.4, -0.2) is 19.1 Å². The van der Waals surface area contributed by atoms with Gasteiger partial charge in [0.2, 0.25) is 0 Å². The number of rotatable bonds is 6. The summed E-state index contributed by atoms with van der Waals surface area (Å²) in [6.45, 7) is 0. The predicted octanol–water partition coefficient (Wildman–Crippen LogP) is 14.5.